The van der Waals surface area contributed by atoms with Gasteiger partial charge in [-0.1, -0.05) is 0 Å². The fourth-order valence-electron chi connectivity index (χ4n) is 11.0. The third-order valence-corrected chi connectivity index (χ3v) is 16.9. The number of anilines is 6. The summed E-state index contributed by atoms with van der Waals surface area (Å²) >= 11 is 3.61. The summed E-state index contributed by atoms with van der Waals surface area (Å²) in [6.45, 7) is 12.6. The Morgan fingerprint density at radius 3 is 2.34 bits per heavy atom. The molecule has 6 aliphatic heterocycles. The van der Waals surface area contributed by atoms with Crippen molar-refractivity contribution in [3.63, 3.8) is 0 Å². The molecule has 0 spiro atoms. The van der Waals surface area contributed by atoms with Crippen molar-refractivity contribution in [2.75, 3.05) is 113 Å². The Hall–Kier alpha value is -6.54. The third-order valence-electron chi connectivity index (χ3n) is 14.8. The molecule has 6 aliphatic rings. The van der Waals surface area contributed by atoms with Gasteiger partial charge in [-0.2, -0.15) is 10.1 Å². The molecule has 0 bridgehead atoms. The second-order valence-corrected chi connectivity index (χ2v) is 24.0. The standard InChI is InChI=1S/C51H58BrN12O8P/c1-59-27-31(24-54-59)35-22-39(56-51-53-25-37(52)47(58-51)55-38-7-9-42-45(72-20-19-71-42)46(38)73(3,4)69)43(70-2)23-41(35)62-17-15-60(16-18-62)26-30-11-13-61(14-12-30)33-28-63(29-33)32-5-6-34-36(21-32)50(68)64(49(34)67)40-8-10-44(65)57-48(40)66/h5-7,9,21-25,27,30,33,40H,8,10-20,26,28-29H2,1-4H3,(H,57,65,66)(H2,53,55,56,58). The van der Waals surface area contributed by atoms with E-state index in [1.807, 2.05) is 37.6 Å². The highest BCUT2D eigenvalue weighted by Gasteiger charge is 2.45. The largest absolute Gasteiger partial charge is 0.494 e. The molecular formula is C51H58BrN12O8P. The maximum atomic E-state index is 13.6. The van der Waals surface area contributed by atoms with Gasteiger partial charge in [-0.25, -0.2) is 4.98 Å². The number of rotatable bonds is 13. The van der Waals surface area contributed by atoms with Crippen LogP contribution in [-0.2, 0) is 21.2 Å². The topological polar surface area (TPSA) is 209 Å². The molecule has 2 aromatic heterocycles. The van der Waals surface area contributed by atoms with Gasteiger partial charge in [0.1, 0.15) is 38.0 Å². The van der Waals surface area contributed by atoms with Gasteiger partial charge in [0.2, 0.25) is 17.8 Å². The predicted octanol–water partition coefficient (Wildman–Crippen LogP) is 5.28. The predicted molar refractivity (Wildman–Crippen MR) is 280 cm³/mol. The zero-order chi connectivity index (χ0) is 50.7. The summed E-state index contributed by atoms with van der Waals surface area (Å²) in [7, 11) is 0.743. The van der Waals surface area contributed by atoms with Crippen molar-refractivity contribution < 1.29 is 38.0 Å². The van der Waals surface area contributed by atoms with Gasteiger partial charge in [0, 0.05) is 106 Å². The molecule has 73 heavy (non-hydrogen) atoms. The highest BCUT2D eigenvalue weighted by atomic mass is 79.9. The summed E-state index contributed by atoms with van der Waals surface area (Å²) < 4.78 is 33.8. The van der Waals surface area contributed by atoms with Crippen LogP contribution in [0.3, 0.4) is 0 Å². The van der Waals surface area contributed by atoms with E-state index in [1.54, 1.807) is 43.5 Å². The van der Waals surface area contributed by atoms with Crippen LogP contribution in [0.15, 0.2) is 65.5 Å². The lowest BCUT2D eigenvalue weighted by atomic mass is 9.93. The number of aromatic nitrogens is 4. The number of fused-ring (bicyclic) bond motifs is 2. The van der Waals surface area contributed by atoms with Crippen LogP contribution in [0.5, 0.6) is 17.2 Å². The normalized spacial score (nSPS) is 20.0. The van der Waals surface area contributed by atoms with Crippen LogP contribution in [0, 0.1) is 5.92 Å². The van der Waals surface area contributed by atoms with Crippen molar-refractivity contribution in [3.05, 3.63) is 76.7 Å². The Morgan fingerprint density at radius 1 is 0.849 bits per heavy atom. The zero-order valence-corrected chi connectivity index (χ0v) is 43.7. The number of aryl methyl sites for hydroxylation is 1. The number of nitrogens with zero attached hydrogens (tertiary/aromatic N) is 9. The van der Waals surface area contributed by atoms with Crippen molar-refractivity contribution in [1.82, 2.24) is 39.8 Å². The number of hydrogen-bond acceptors (Lipinski definition) is 17. The Labute approximate surface area is 431 Å². The van der Waals surface area contributed by atoms with E-state index in [0.29, 0.717) is 86.5 Å². The molecule has 0 radical (unpaired) electrons. The molecule has 4 saturated heterocycles. The molecule has 4 fully saturated rings. The number of piperazine rings is 1. The Morgan fingerprint density at radius 2 is 1.62 bits per heavy atom. The summed E-state index contributed by atoms with van der Waals surface area (Å²) in [6.07, 6.45) is 8.05. The lowest BCUT2D eigenvalue weighted by molar-refractivity contribution is -0.136. The van der Waals surface area contributed by atoms with E-state index in [-0.39, 0.29) is 12.8 Å². The van der Waals surface area contributed by atoms with Crippen LogP contribution in [0.2, 0.25) is 0 Å². The number of halogens is 1. The van der Waals surface area contributed by atoms with E-state index >= 15 is 0 Å². The first-order valence-electron chi connectivity index (χ1n) is 24.8. The van der Waals surface area contributed by atoms with Crippen LogP contribution in [-0.4, -0.2) is 163 Å². The Bertz CT molecular complexity index is 3070. The zero-order valence-electron chi connectivity index (χ0n) is 41.2. The Kier molecular flexibility index (Phi) is 13.2. The lowest BCUT2D eigenvalue weighted by Gasteiger charge is -2.49. The molecule has 11 rings (SSSR count). The van der Waals surface area contributed by atoms with Gasteiger partial charge in [-0.05, 0) is 104 Å². The van der Waals surface area contributed by atoms with Gasteiger partial charge in [0.25, 0.3) is 11.8 Å². The van der Waals surface area contributed by atoms with Gasteiger partial charge >= 0.3 is 0 Å². The van der Waals surface area contributed by atoms with Crippen molar-refractivity contribution >= 4 is 86.5 Å². The molecule has 0 saturated carbocycles. The molecule has 1 atom stereocenters. The molecule has 382 valence electrons. The maximum absolute atomic E-state index is 13.6. The number of piperidine rings is 2. The van der Waals surface area contributed by atoms with Gasteiger partial charge in [-0.3, -0.25) is 43.9 Å². The highest BCUT2D eigenvalue weighted by molar-refractivity contribution is 9.10. The average molecular weight is 1080 g/mol. The number of hydrogen-bond donors (Lipinski definition) is 3. The van der Waals surface area contributed by atoms with Crippen molar-refractivity contribution in [2.45, 2.75) is 37.8 Å². The first-order valence-corrected chi connectivity index (χ1v) is 28.2. The summed E-state index contributed by atoms with van der Waals surface area (Å²) in [5.41, 5.74) is 5.82. The monoisotopic (exact) mass is 1080 g/mol. The fourth-order valence-corrected chi connectivity index (χ4v) is 12.6. The van der Waals surface area contributed by atoms with E-state index in [9.17, 15) is 23.7 Å². The number of imide groups is 2. The highest BCUT2D eigenvalue weighted by Crippen LogP contribution is 2.47. The molecule has 1 unspecified atom stereocenters. The molecule has 5 aromatic rings. The molecule has 20 nitrogen and oxygen atoms in total. The number of amides is 4. The number of benzene rings is 3. The molecule has 3 N–H and O–H groups in total. The molecule has 22 heteroatoms. The number of methoxy groups -OCH3 is 1. The lowest BCUT2D eigenvalue weighted by Crippen LogP contribution is -2.61. The first-order chi connectivity index (χ1) is 35.2. The van der Waals surface area contributed by atoms with E-state index < -0.39 is 36.8 Å². The van der Waals surface area contributed by atoms with E-state index in [4.69, 9.17) is 19.2 Å². The van der Waals surface area contributed by atoms with E-state index in [2.05, 4.69) is 73.7 Å². The van der Waals surface area contributed by atoms with E-state index in [0.717, 1.165) is 99.1 Å². The van der Waals surface area contributed by atoms with Crippen molar-refractivity contribution in [3.8, 4) is 28.4 Å². The number of carbonyl (C=O) groups excluding carboxylic acids is 4. The summed E-state index contributed by atoms with van der Waals surface area (Å²) in [4.78, 5) is 71.2. The summed E-state index contributed by atoms with van der Waals surface area (Å²) in [5.74, 6) is 1.13. The quantitative estimate of drug-likeness (QED) is 0.101. The van der Waals surface area contributed by atoms with Crippen LogP contribution < -0.4 is 45.3 Å². The molecule has 4 amide bonds. The van der Waals surface area contributed by atoms with Crippen LogP contribution in [0.25, 0.3) is 11.1 Å². The van der Waals surface area contributed by atoms with Gasteiger partial charge in [0.15, 0.2) is 11.5 Å². The van der Waals surface area contributed by atoms with E-state index in [1.165, 1.54) is 0 Å². The van der Waals surface area contributed by atoms with Crippen molar-refractivity contribution in [1.29, 1.82) is 0 Å². The minimum atomic E-state index is -2.83. The SMILES string of the molecule is COc1cc(N2CCN(CC3CCN(C4CN(c5ccc6c(c5)C(=O)N(C5CCC(=O)NC5=O)C6=O)C4)CC3)CC2)c(-c2cnn(C)c2)cc1Nc1ncc(Br)c(Nc2ccc3c(c2P(C)(C)=O)OCCO3)n1. The van der Waals surface area contributed by atoms with Crippen LogP contribution in [0.4, 0.5) is 34.5 Å². The minimum absolute atomic E-state index is 0.0898. The van der Waals surface area contributed by atoms with Crippen LogP contribution in [0.1, 0.15) is 46.4 Å². The van der Waals surface area contributed by atoms with Crippen LogP contribution >= 0.6 is 23.1 Å². The maximum Gasteiger partial charge on any atom is 0.262 e. The number of ether oxygens (including phenoxy) is 3. The second kappa shape index (κ2) is 19.7. The summed E-state index contributed by atoms with van der Waals surface area (Å²) in [5, 5.41) is 14.1. The number of carbonyl (C=O) groups is 4. The smallest absolute Gasteiger partial charge is 0.262 e. The minimum Gasteiger partial charge on any atom is -0.494 e. The first kappa shape index (κ1) is 48.7. The molecule has 8 heterocycles. The molecule has 0 aliphatic carbocycles. The van der Waals surface area contributed by atoms with Gasteiger partial charge < -0.3 is 39.2 Å². The second-order valence-electron chi connectivity index (χ2n) is 20.0. The number of likely N-dealkylation sites (tertiary alicyclic amines) is 1. The average Bonchev–Trinajstić information content (AvgIpc) is 3.90. The molecule has 3 aromatic carbocycles. The summed E-state index contributed by atoms with van der Waals surface area (Å²) in [6, 6.07) is 12.6. The molecular weight excluding hydrogens is 1020 g/mol. The Balaban J connectivity index is 0.704. The van der Waals surface area contributed by atoms with Crippen molar-refractivity contribution in [2.24, 2.45) is 13.0 Å². The third kappa shape index (κ3) is 9.63. The van der Waals surface area contributed by atoms with Gasteiger partial charge in [0.05, 0.1) is 45.6 Å². The number of nitrogens with one attached hydrogen (secondary N) is 3. The fraction of sp³-hybridized carbons (Fsp3) is 0.431. The van der Waals surface area contributed by atoms with Gasteiger partial charge in [-0.15, -0.1) is 0 Å².